The van der Waals surface area contributed by atoms with Crippen molar-refractivity contribution in [2.75, 3.05) is 30.8 Å². The zero-order valence-electron chi connectivity index (χ0n) is 18.6. The van der Waals surface area contributed by atoms with Gasteiger partial charge < -0.3 is 16.0 Å². The number of fused-ring (bicyclic) bond motifs is 3. The van der Waals surface area contributed by atoms with Crippen LogP contribution < -0.4 is 16.0 Å². The Kier molecular flexibility index (Phi) is 4.55. The summed E-state index contributed by atoms with van der Waals surface area (Å²) in [6.45, 7) is 5.19. The molecule has 8 heteroatoms. The molecule has 1 aromatic carbocycles. The zero-order valence-corrected chi connectivity index (χ0v) is 18.6. The number of rotatable bonds is 3. The van der Waals surface area contributed by atoms with Gasteiger partial charge in [-0.25, -0.2) is 9.97 Å². The molecule has 0 saturated heterocycles. The van der Waals surface area contributed by atoms with Crippen molar-refractivity contribution in [3.63, 3.8) is 0 Å². The predicted octanol–water partition coefficient (Wildman–Crippen LogP) is 3.55. The van der Waals surface area contributed by atoms with Gasteiger partial charge in [0, 0.05) is 37.9 Å². The van der Waals surface area contributed by atoms with Crippen molar-refractivity contribution in [2.24, 2.45) is 0 Å². The van der Waals surface area contributed by atoms with E-state index in [2.05, 4.69) is 68.5 Å². The number of benzene rings is 1. The Morgan fingerprint density at radius 3 is 2.94 bits per heavy atom. The van der Waals surface area contributed by atoms with Gasteiger partial charge in [0.2, 0.25) is 0 Å². The lowest BCUT2D eigenvalue weighted by molar-refractivity contribution is 0.0966. The van der Waals surface area contributed by atoms with Gasteiger partial charge in [-0.15, -0.1) is 0 Å². The van der Waals surface area contributed by atoms with E-state index in [1.165, 1.54) is 0 Å². The van der Waals surface area contributed by atoms with E-state index in [4.69, 9.17) is 4.98 Å². The average molecular weight is 440 g/mol. The Balaban J connectivity index is 1.40. The van der Waals surface area contributed by atoms with Crippen LogP contribution in [0.15, 0.2) is 48.8 Å². The fourth-order valence-electron chi connectivity index (χ4n) is 4.68. The number of nitrogens with zero attached hydrogens (tertiary/aromatic N) is 4. The minimum atomic E-state index is -0.0739. The van der Waals surface area contributed by atoms with Gasteiger partial charge in [0.1, 0.15) is 11.5 Å². The number of amides is 1. The van der Waals surface area contributed by atoms with Crippen molar-refractivity contribution in [3.05, 3.63) is 71.2 Å². The first-order chi connectivity index (χ1) is 16.1. The summed E-state index contributed by atoms with van der Waals surface area (Å²) in [6, 6.07) is 12.2. The fraction of sp³-hybridized carbons (Fsp3) is 0.240. The molecule has 5 heterocycles. The fourth-order valence-corrected chi connectivity index (χ4v) is 4.68. The van der Waals surface area contributed by atoms with Crippen LogP contribution in [0, 0.1) is 6.92 Å². The molecule has 0 atom stereocenters. The molecule has 2 aliphatic heterocycles. The van der Waals surface area contributed by atoms with E-state index in [1.54, 1.807) is 0 Å². The summed E-state index contributed by atoms with van der Waals surface area (Å²) >= 11 is 0. The molecule has 1 amide bonds. The number of likely N-dealkylation sites (N-methyl/N-ethyl adjacent to an activating group) is 1. The van der Waals surface area contributed by atoms with Crippen molar-refractivity contribution in [1.29, 1.82) is 0 Å². The maximum atomic E-state index is 12.8. The van der Waals surface area contributed by atoms with Crippen molar-refractivity contribution >= 4 is 28.7 Å². The molecule has 0 aliphatic carbocycles. The van der Waals surface area contributed by atoms with Gasteiger partial charge in [-0.3, -0.25) is 14.1 Å². The summed E-state index contributed by atoms with van der Waals surface area (Å²) < 4.78 is 2.07. The first-order valence-electron chi connectivity index (χ1n) is 11.1. The molecule has 166 valence electrons. The van der Waals surface area contributed by atoms with Crippen LogP contribution in [0.1, 0.15) is 27.2 Å². The number of imidazole rings is 1. The summed E-state index contributed by atoms with van der Waals surface area (Å²) in [5.41, 5.74) is 8.50. The molecular weight excluding hydrogens is 414 g/mol. The first kappa shape index (κ1) is 19.8. The second-order valence-corrected chi connectivity index (χ2v) is 8.75. The molecule has 6 rings (SSSR count). The number of hydrogen-bond donors (Lipinski definition) is 3. The predicted molar refractivity (Wildman–Crippen MR) is 129 cm³/mol. The van der Waals surface area contributed by atoms with Gasteiger partial charge in [0.05, 0.1) is 34.5 Å². The van der Waals surface area contributed by atoms with Crippen LogP contribution in [0.5, 0.6) is 0 Å². The molecule has 3 N–H and O–H groups in total. The van der Waals surface area contributed by atoms with E-state index < -0.39 is 0 Å². The number of nitrogens with one attached hydrogen (secondary N) is 3. The van der Waals surface area contributed by atoms with Gasteiger partial charge in [0.25, 0.3) is 5.91 Å². The zero-order chi connectivity index (χ0) is 22.5. The van der Waals surface area contributed by atoms with Crippen LogP contribution in [0.2, 0.25) is 0 Å². The topological polar surface area (TPSA) is 86.6 Å². The number of aromatic nitrogens is 3. The Morgan fingerprint density at radius 1 is 1.12 bits per heavy atom. The Bertz CT molecular complexity index is 1410. The number of anilines is 3. The number of pyridine rings is 2. The second-order valence-electron chi connectivity index (χ2n) is 8.75. The van der Waals surface area contributed by atoms with E-state index in [1.807, 2.05) is 24.5 Å². The largest absolute Gasteiger partial charge is 0.382 e. The number of carbonyl (C=O) groups excluding carboxylic acids is 1. The lowest BCUT2D eigenvalue weighted by Crippen LogP contribution is -2.21. The van der Waals surface area contributed by atoms with Gasteiger partial charge in [-0.2, -0.15) is 0 Å². The van der Waals surface area contributed by atoms with Crippen molar-refractivity contribution < 1.29 is 4.79 Å². The third kappa shape index (κ3) is 3.39. The Hall–Kier alpha value is -3.91. The van der Waals surface area contributed by atoms with Crippen LogP contribution in [-0.4, -0.2) is 45.3 Å². The van der Waals surface area contributed by atoms with E-state index in [0.29, 0.717) is 12.1 Å². The lowest BCUT2D eigenvalue weighted by Gasteiger charge is -2.15. The molecule has 0 bridgehead atoms. The smallest absolute Gasteiger partial charge is 0.254 e. The Morgan fingerprint density at radius 2 is 2.03 bits per heavy atom. The normalized spacial score (nSPS) is 15.5. The molecular formula is C25H25N7O. The minimum Gasteiger partial charge on any atom is -0.382 e. The van der Waals surface area contributed by atoms with Crippen molar-refractivity contribution in [1.82, 2.24) is 24.6 Å². The lowest BCUT2D eigenvalue weighted by atomic mass is 9.99. The third-order valence-electron chi connectivity index (χ3n) is 6.38. The summed E-state index contributed by atoms with van der Waals surface area (Å²) in [5.74, 6) is 0.654. The number of hydrogen-bond acceptors (Lipinski definition) is 6. The highest BCUT2D eigenvalue weighted by atomic mass is 16.1. The summed E-state index contributed by atoms with van der Waals surface area (Å²) in [6.07, 6.45) is 3.90. The van der Waals surface area contributed by atoms with Crippen LogP contribution in [0.3, 0.4) is 0 Å². The van der Waals surface area contributed by atoms with Crippen LogP contribution in [0.4, 0.5) is 17.2 Å². The minimum absolute atomic E-state index is 0.0739. The van der Waals surface area contributed by atoms with E-state index in [0.717, 1.165) is 70.6 Å². The summed E-state index contributed by atoms with van der Waals surface area (Å²) in [7, 11) is 2.09. The Labute approximate surface area is 191 Å². The van der Waals surface area contributed by atoms with Gasteiger partial charge in [-0.05, 0) is 55.4 Å². The standard InChI is InChI=1S/C25H25N7O/c1-15-7-9-32-21(13-27-23(32)11-15)16-3-4-19(24-17(16)12-28-25(24)33)29-22-6-5-18-20(30-22)14-31(2)10-8-26-18/h3-7,9,11,13,26H,8,10,12,14H2,1-2H3,(H,28,33)(H,29,30). The molecule has 0 fully saturated rings. The summed E-state index contributed by atoms with van der Waals surface area (Å²) in [4.78, 5) is 24.5. The number of aryl methyl sites for hydroxylation is 1. The van der Waals surface area contributed by atoms with E-state index in [9.17, 15) is 4.79 Å². The highest BCUT2D eigenvalue weighted by molar-refractivity contribution is 6.06. The van der Waals surface area contributed by atoms with E-state index >= 15 is 0 Å². The highest BCUT2D eigenvalue weighted by Crippen LogP contribution is 2.35. The van der Waals surface area contributed by atoms with Crippen molar-refractivity contribution in [2.45, 2.75) is 20.0 Å². The van der Waals surface area contributed by atoms with Gasteiger partial charge in [-0.1, -0.05) is 6.07 Å². The highest BCUT2D eigenvalue weighted by Gasteiger charge is 2.27. The van der Waals surface area contributed by atoms with Crippen LogP contribution >= 0.6 is 0 Å². The quantitative estimate of drug-likeness (QED) is 0.453. The molecule has 3 aromatic heterocycles. The molecule has 0 saturated carbocycles. The molecule has 0 unspecified atom stereocenters. The average Bonchev–Trinajstić information content (AvgIpc) is 3.33. The first-order valence-corrected chi connectivity index (χ1v) is 11.1. The summed E-state index contributed by atoms with van der Waals surface area (Å²) in [5, 5.41) is 9.82. The van der Waals surface area contributed by atoms with Crippen LogP contribution in [-0.2, 0) is 13.1 Å². The third-order valence-corrected chi connectivity index (χ3v) is 6.38. The molecule has 8 nitrogen and oxygen atoms in total. The molecule has 0 radical (unpaired) electrons. The monoisotopic (exact) mass is 439 g/mol. The van der Waals surface area contributed by atoms with E-state index in [-0.39, 0.29) is 5.91 Å². The molecule has 4 aromatic rings. The second kappa shape index (κ2) is 7.60. The van der Waals surface area contributed by atoms with Gasteiger partial charge >= 0.3 is 0 Å². The maximum absolute atomic E-state index is 12.8. The molecule has 2 aliphatic rings. The van der Waals surface area contributed by atoms with Crippen molar-refractivity contribution in [3.8, 4) is 11.3 Å². The SMILES string of the molecule is Cc1ccn2c(-c3ccc(Nc4ccc5c(n4)CN(C)CCN5)c4c3CNC4=O)cnc2c1. The maximum Gasteiger partial charge on any atom is 0.254 e. The number of carbonyl (C=O) groups is 1. The molecule has 0 spiro atoms. The van der Waals surface area contributed by atoms with Gasteiger partial charge in [0.15, 0.2) is 0 Å². The van der Waals surface area contributed by atoms with Crippen LogP contribution in [0.25, 0.3) is 16.9 Å². The molecule has 33 heavy (non-hydrogen) atoms.